The fourth-order valence-electron chi connectivity index (χ4n) is 3.28. The van der Waals surface area contributed by atoms with Gasteiger partial charge in [-0.3, -0.25) is 4.98 Å². The van der Waals surface area contributed by atoms with Crippen LogP contribution in [0.5, 0.6) is 11.6 Å². The lowest BCUT2D eigenvalue weighted by molar-refractivity contribution is 0.462. The van der Waals surface area contributed by atoms with Crippen LogP contribution < -0.4 is 10.5 Å². The molecule has 5 rings (SSSR count). The summed E-state index contributed by atoms with van der Waals surface area (Å²) < 4.78 is 24.8. The Bertz CT molecular complexity index is 1400. The molecule has 0 atom stereocenters. The fraction of sp³-hybridized carbons (Fsp3) is 0.0417. The number of hydrogen-bond acceptors (Lipinski definition) is 6. The first-order valence-corrected chi connectivity index (χ1v) is 9.60. The number of aryl methyl sites for hydroxylation is 1. The second kappa shape index (κ2) is 7.53. The second-order valence-corrected chi connectivity index (χ2v) is 6.99. The maximum absolute atomic E-state index is 13.2. The van der Waals surface area contributed by atoms with Crippen LogP contribution in [0.2, 0.25) is 0 Å². The molecule has 0 aliphatic carbocycles. The van der Waals surface area contributed by atoms with Gasteiger partial charge in [0.2, 0.25) is 0 Å². The third-order valence-corrected chi connectivity index (χ3v) is 4.77. The minimum Gasteiger partial charge on any atom is -0.460 e. The lowest BCUT2D eigenvalue weighted by atomic mass is 10.1. The first kappa shape index (κ1) is 18.7. The predicted molar refractivity (Wildman–Crippen MR) is 116 cm³/mol. The van der Waals surface area contributed by atoms with Crippen molar-refractivity contribution < 1.29 is 13.5 Å². The number of hydrogen-bond donors (Lipinski definition) is 1. The predicted octanol–water partition coefficient (Wildman–Crippen LogP) is 5.77. The number of aromatic nitrogens is 3. The van der Waals surface area contributed by atoms with E-state index in [4.69, 9.17) is 14.9 Å². The van der Waals surface area contributed by atoms with Gasteiger partial charge < -0.3 is 14.9 Å². The minimum absolute atomic E-state index is 0.0968. The third-order valence-electron chi connectivity index (χ3n) is 4.77. The van der Waals surface area contributed by atoms with E-state index < -0.39 is 0 Å². The zero-order valence-electron chi connectivity index (χ0n) is 16.5. The van der Waals surface area contributed by atoms with Crippen molar-refractivity contribution in [1.29, 1.82) is 0 Å². The lowest BCUT2D eigenvalue weighted by Crippen LogP contribution is -2.03. The molecule has 0 saturated heterocycles. The van der Waals surface area contributed by atoms with Crippen LogP contribution in [0.25, 0.3) is 33.6 Å². The molecule has 31 heavy (non-hydrogen) atoms. The van der Waals surface area contributed by atoms with Crippen LogP contribution >= 0.6 is 0 Å². The highest BCUT2D eigenvalue weighted by Crippen LogP contribution is 2.36. The highest BCUT2D eigenvalue weighted by Gasteiger charge is 2.19. The van der Waals surface area contributed by atoms with E-state index in [1.54, 1.807) is 6.20 Å². The van der Waals surface area contributed by atoms with Gasteiger partial charge in [-0.25, -0.2) is 14.4 Å². The van der Waals surface area contributed by atoms with E-state index >= 15 is 0 Å². The summed E-state index contributed by atoms with van der Waals surface area (Å²) in [6.45, 7) is 1.85. The first-order chi connectivity index (χ1) is 15.1. The van der Waals surface area contributed by atoms with Gasteiger partial charge in [0, 0.05) is 17.1 Å². The van der Waals surface area contributed by atoms with Gasteiger partial charge in [-0.2, -0.15) is 0 Å². The Morgan fingerprint density at radius 2 is 1.77 bits per heavy atom. The molecule has 0 radical (unpaired) electrons. The van der Waals surface area contributed by atoms with E-state index in [9.17, 15) is 4.39 Å². The number of nitrogens with zero attached hydrogens (tertiary/aromatic N) is 3. The molecule has 3 heterocycles. The van der Waals surface area contributed by atoms with Crippen molar-refractivity contribution in [3.63, 3.8) is 0 Å². The normalized spacial score (nSPS) is 11.0. The second-order valence-electron chi connectivity index (χ2n) is 6.99. The quantitative estimate of drug-likeness (QED) is 0.403. The number of nitrogens with two attached hydrogens (primary N) is 1. The van der Waals surface area contributed by atoms with Gasteiger partial charge in [0.25, 0.3) is 5.88 Å². The zero-order valence-corrected chi connectivity index (χ0v) is 16.5. The average molecular weight is 412 g/mol. The molecule has 7 heteroatoms. The number of rotatable bonds is 4. The molecule has 152 valence electrons. The number of fused-ring (bicyclic) bond motifs is 1. The summed E-state index contributed by atoms with van der Waals surface area (Å²) >= 11 is 0. The summed E-state index contributed by atoms with van der Waals surface area (Å²) in [5.41, 5.74) is 8.88. The van der Waals surface area contributed by atoms with Crippen LogP contribution in [-0.2, 0) is 0 Å². The largest absolute Gasteiger partial charge is 0.460 e. The van der Waals surface area contributed by atoms with E-state index in [-0.39, 0.29) is 17.5 Å². The lowest BCUT2D eigenvalue weighted by Gasteiger charge is -2.13. The fourth-order valence-corrected chi connectivity index (χ4v) is 3.28. The summed E-state index contributed by atoms with van der Waals surface area (Å²) in [7, 11) is 0. The van der Waals surface area contributed by atoms with Gasteiger partial charge >= 0.3 is 0 Å². The van der Waals surface area contributed by atoms with Crippen molar-refractivity contribution in [2.75, 3.05) is 5.73 Å². The van der Waals surface area contributed by atoms with Crippen molar-refractivity contribution in [3.05, 3.63) is 84.5 Å². The van der Waals surface area contributed by atoms with Crippen LogP contribution in [0.3, 0.4) is 0 Å². The van der Waals surface area contributed by atoms with Crippen molar-refractivity contribution >= 4 is 16.7 Å². The Kier molecular flexibility index (Phi) is 4.55. The SMILES string of the molecule is Cc1ccc(-c2nc(N)c(Oc3ccc(F)cc3)nc2-c2ccc3ncccc3c2)o1. The molecule has 0 spiro atoms. The van der Waals surface area contributed by atoms with Crippen LogP contribution in [-0.4, -0.2) is 15.0 Å². The molecule has 0 aliphatic rings. The van der Waals surface area contributed by atoms with Gasteiger partial charge in [-0.05, 0) is 61.5 Å². The van der Waals surface area contributed by atoms with Crippen LogP contribution in [0, 0.1) is 12.7 Å². The number of ether oxygens (including phenoxy) is 1. The molecule has 0 saturated carbocycles. The van der Waals surface area contributed by atoms with E-state index in [1.165, 1.54) is 24.3 Å². The summed E-state index contributed by atoms with van der Waals surface area (Å²) in [6.07, 6.45) is 1.75. The number of benzene rings is 2. The van der Waals surface area contributed by atoms with E-state index in [1.807, 2.05) is 49.4 Å². The number of furan rings is 1. The molecule has 3 aromatic heterocycles. The highest BCUT2D eigenvalue weighted by atomic mass is 19.1. The van der Waals surface area contributed by atoms with Crippen LogP contribution in [0.4, 0.5) is 10.2 Å². The zero-order chi connectivity index (χ0) is 21.4. The molecule has 0 fully saturated rings. The number of anilines is 1. The summed E-state index contributed by atoms with van der Waals surface area (Å²) in [5, 5.41) is 0.959. The molecular weight excluding hydrogens is 395 g/mol. The molecule has 2 N–H and O–H groups in total. The standard InChI is InChI=1S/C24H17FN4O2/c1-14-4-11-20(30-14)22-21(16-5-10-19-15(13-16)3-2-12-27-19)29-24(23(26)28-22)31-18-8-6-17(25)7-9-18/h2-13H,1H3,(H2,26,28). The Morgan fingerprint density at radius 1 is 0.935 bits per heavy atom. The Balaban J connectivity index is 1.67. The van der Waals surface area contributed by atoms with E-state index in [0.717, 1.165) is 22.2 Å². The summed E-state index contributed by atoms with van der Waals surface area (Å²) in [5.74, 6) is 1.56. The molecule has 6 nitrogen and oxygen atoms in total. The summed E-state index contributed by atoms with van der Waals surface area (Å²) in [6, 6.07) is 18.9. The average Bonchev–Trinajstić information content (AvgIpc) is 3.22. The molecular formula is C24H17FN4O2. The van der Waals surface area contributed by atoms with E-state index in [0.29, 0.717) is 22.9 Å². The van der Waals surface area contributed by atoms with Gasteiger partial charge in [0.15, 0.2) is 11.6 Å². The van der Waals surface area contributed by atoms with Gasteiger partial charge in [-0.15, -0.1) is 0 Å². The van der Waals surface area contributed by atoms with Crippen molar-refractivity contribution in [1.82, 2.24) is 15.0 Å². The number of pyridine rings is 1. The molecule has 0 bridgehead atoms. The Hall–Kier alpha value is -4.26. The number of halogens is 1. The third kappa shape index (κ3) is 3.69. The van der Waals surface area contributed by atoms with Crippen molar-refractivity contribution in [2.24, 2.45) is 0 Å². The van der Waals surface area contributed by atoms with E-state index in [2.05, 4.69) is 15.0 Å². The maximum Gasteiger partial charge on any atom is 0.263 e. The van der Waals surface area contributed by atoms with Crippen LogP contribution in [0.1, 0.15) is 5.76 Å². The van der Waals surface area contributed by atoms with Crippen molar-refractivity contribution in [3.8, 4) is 34.3 Å². The molecule has 5 aromatic rings. The Labute approximate surface area is 177 Å². The van der Waals surface area contributed by atoms with Gasteiger partial charge in [0.05, 0.1) is 5.52 Å². The van der Waals surface area contributed by atoms with Crippen LogP contribution in [0.15, 0.2) is 77.3 Å². The number of nitrogen functional groups attached to an aromatic ring is 1. The molecule has 2 aromatic carbocycles. The summed E-state index contributed by atoms with van der Waals surface area (Å²) in [4.78, 5) is 13.6. The van der Waals surface area contributed by atoms with Crippen molar-refractivity contribution in [2.45, 2.75) is 6.92 Å². The Morgan fingerprint density at radius 3 is 2.55 bits per heavy atom. The monoisotopic (exact) mass is 412 g/mol. The maximum atomic E-state index is 13.2. The first-order valence-electron chi connectivity index (χ1n) is 9.60. The minimum atomic E-state index is -0.361. The topological polar surface area (TPSA) is 87.1 Å². The molecule has 0 unspecified atom stereocenters. The van der Waals surface area contributed by atoms with Gasteiger partial charge in [0.1, 0.15) is 28.7 Å². The highest BCUT2D eigenvalue weighted by molar-refractivity contribution is 5.87. The molecule has 0 aliphatic heterocycles. The smallest absolute Gasteiger partial charge is 0.263 e. The molecule has 0 amide bonds. The van der Waals surface area contributed by atoms with Gasteiger partial charge in [-0.1, -0.05) is 12.1 Å².